The van der Waals surface area contributed by atoms with Gasteiger partial charge < -0.3 is 10.4 Å². The van der Waals surface area contributed by atoms with Gasteiger partial charge in [-0.3, -0.25) is 9.59 Å². The normalized spacial score (nSPS) is 12.3. The minimum absolute atomic E-state index is 0.104. The zero-order valence-electron chi connectivity index (χ0n) is 12.3. The van der Waals surface area contributed by atoms with Crippen LogP contribution in [0.4, 0.5) is 0 Å². The maximum Gasteiger partial charge on any atom is 0.305 e. The average molecular weight is 290 g/mol. The lowest BCUT2D eigenvalue weighted by molar-refractivity contribution is -0.137. The second-order valence-electron chi connectivity index (χ2n) is 5.01. The molecule has 1 unspecified atom stereocenters. The van der Waals surface area contributed by atoms with Crippen LogP contribution in [0.5, 0.6) is 0 Å². The van der Waals surface area contributed by atoms with Gasteiger partial charge in [0.05, 0.1) is 12.6 Å². The SMILES string of the molecule is CCC(CC(=O)O)NC(=O)c1cnn2c(C)cc(C)nc12. The van der Waals surface area contributed by atoms with Crippen LogP contribution in [0.15, 0.2) is 12.3 Å². The van der Waals surface area contributed by atoms with Crippen molar-refractivity contribution in [2.24, 2.45) is 0 Å². The maximum absolute atomic E-state index is 12.3. The number of carboxylic acids is 1. The van der Waals surface area contributed by atoms with Gasteiger partial charge in [-0.2, -0.15) is 5.10 Å². The van der Waals surface area contributed by atoms with E-state index in [0.717, 1.165) is 11.4 Å². The van der Waals surface area contributed by atoms with Crippen LogP contribution in [0.25, 0.3) is 5.65 Å². The third-order valence-corrected chi connectivity index (χ3v) is 3.27. The largest absolute Gasteiger partial charge is 0.481 e. The van der Waals surface area contributed by atoms with Gasteiger partial charge in [0.15, 0.2) is 5.65 Å². The fourth-order valence-corrected chi connectivity index (χ4v) is 2.20. The first kappa shape index (κ1) is 15.0. The predicted molar refractivity (Wildman–Crippen MR) is 76.3 cm³/mol. The molecule has 0 saturated carbocycles. The molecule has 0 fully saturated rings. The molecule has 0 aliphatic carbocycles. The number of aryl methyl sites for hydroxylation is 2. The van der Waals surface area contributed by atoms with Crippen LogP contribution >= 0.6 is 0 Å². The van der Waals surface area contributed by atoms with Crippen LogP contribution in [0.3, 0.4) is 0 Å². The minimum atomic E-state index is -0.938. The number of hydrogen-bond acceptors (Lipinski definition) is 4. The molecule has 2 rings (SSSR count). The number of carbonyl (C=O) groups excluding carboxylic acids is 1. The van der Waals surface area contributed by atoms with Gasteiger partial charge in [0.1, 0.15) is 5.56 Å². The molecule has 0 bridgehead atoms. The van der Waals surface area contributed by atoms with Crippen LogP contribution in [0.1, 0.15) is 41.5 Å². The molecule has 0 saturated heterocycles. The van der Waals surface area contributed by atoms with Gasteiger partial charge in [-0.05, 0) is 26.3 Å². The minimum Gasteiger partial charge on any atom is -0.481 e. The number of nitrogens with one attached hydrogen (secondary N) is 1. The summed E-state index contributed by atoms with van der Waals surface area (Å²) in [6, 6.07) is 1.47. The molecular weight excluding hydrogens is 272 g/mol. The number of hydrogen-bond donors (Lipinski definition) is 2. The predicted octanol–water partition coefficient (Wildman–Crippen LogP) is 1.33. The summed E-state index contributed by atoms with van der Waals surface area (Å²) in [7, 11) is 0. The van der Waals surface area contributed by atoms with E-state index in [0.29, 0.717) is 17.6 Å². The molecule has 7 heteroatoms. The van der Waals surface area contributed by atoms with Crippen molar-refractivity contribution in [2.45, 2.75) is 39.7 Å². The van der Waals surface area contributed by atoms with Crippen molar-refractivity contribution in [3.8, 4) is 0 Å². The van der Waals surface area contributed by atoms with Crippen LogP contribution in [-0.2, 0) is 4.79 Å². The zero-order chi connectivity index (χ0) is 15.6. The summed E-state index contributed by atoms with van der Waals surface area (Å²) in [4.78, 5) is 27.4. The van der Waals surface area contributed by atoms with Gasteiger partial charge in [-0.25, -0.2) is 9.50 Å². The van der Waals surface area contributed by atoms with Gasteiger partial charge in [-0.15, -0.1) is 0 Å². The monoisotopic (exact) mass is 290 g/mol. The number of fused-ring (bicyclic) bond motifs is 1. The summed E-state index contributed by atoms with van der Waals surface area (Å²) in [6.45, 7) is 5.56. The van der Waals surface area contributed by atoms with Crippen molar-refractivity contribution in [3.63, 3.8) is 0 Å². The molecule has 0 radical (unpaired) electrons. The van der Waals surface area contributed by atoms with Crippen LogP contribution in [0, 0.1) is 13.8 Å². The second kappa shape index (κ2) is 5.90. The number of carboxylic acid groups (broad SMARTS) is 1. The molecular formula is C14H18N4O3. The van der Waals surface area contributed by atoms with E-state index in [4.69, 9.17) is 5.11 Å². The van der Waals surface area contributed by atoms with Crippen LogP contribution in [-0.4, -0.2) is 37.6 Å². The molecule has 112 valence electrons. The lowest BCUT2D eigenvalue weighted by atomic mass is 10.1. The fourth-order valence-electron chi connectivity index (χ4n) is 2.20. The number of rotatable bonds is 5. The molecule has 2 aromatic rings. The summed E-state index contributed by atoms with van der Waals surface area (Å²) >= 11 is 0. The smallest absolute Gasteiger partial charge is 0.305 e. The highest BCUT2D eigenvalue weighted by Crippen LogP contribution is 2.12. The van der Waals surface area contributed by atoms with Crippen molar-refractivity contribution in [1.29, 1.82) is 0 Å². The van der Waals surface area contributed by atoms with Gasteiger partial charge in [-0.1, -0.05) is 6.92 Å². The molecule has 0 aromatic carbocycles. The Kier molecular flexibility index (Phi) is 4.21. The van der Waals surface area contributed by atoms with E-state index in [-0.39, 0.29) is 12.3 Å². The number of amides is 1. The summed E-state index contributed by atoms with van der Waals surface area (Å²) in [5, 5.41) is 15.7. The summed E-state index contributed by atoms with van der Waals surface area (Å²) < 4.78 is 1.60. The molecule has 2 heterocycles. The van der Waals surface area contributed by atoms with Crippen molar-refractivity contribution in [3.05, 3.63) is 29.2 Å². The highest BCUT2D eigenvalue weighted by Gasteiger charge is 2.19. The molecule has 21 heavy (non-hydrogen) atoms. The molecule has 0 spiro atoms. The van der Waals surface area contributed by atoms with Crippen molar-refractivity contribution >= 4 is 17.5 Å². The Morgan fingerprint density at radius 2 is 2.14 bits per heavy atom. The first-order valence-electron chi connectivity index (χ1n) is 6.77. The first-order valence-corrected chi connectivity index (χ1v) is 6.77. The topological polar surface area (TPSA) is 96.6 Å². The number of nitrogens with zero attached hydrogens (tertiary/aromatic N) is 3. The molecule has 1 amide bonds. The van der Waals surface area contributed by atoms with E-state index in [1.54, 1.807) is 4.52 Å². The molecule has 0 aliphatic rings. The summed E-state index contributed by atoms with van der Waals surface area (Å²) in [6.07, 6.45) is 1.90. The first-order chi connectivity index (χ1) is 9.92. The Labute approximate surface area is 122 Å². The Morgan fingerprint density at radius 3 is 2.76 bits per heavy atom. The molecule has 2 N–H and O–H groups in total. The average Bonchev–Trinajstić information content (AvgIpc) is 2.81. The van der Waals surface area contributed by atoms with E-state index in [9.17, 15) is 9.59 Å². The van der Waals surface area contributed by atoms with Gasteiger partial charge >= 0.3 is 5.97 Å². The number of carbonyl (C=O) groups is 2. The Bertz CT molecular complexity index is 693. The van der Waals surface area contributed by atoms with Crippen molar-refractivity contribution in [2.75, 3.05) is 0 Å². The number of aliphatic carboxylic acids is 1. The van der Waals surface area contributed by atoms with Crippen molar-refractivity contribution < 1.29 is 14.7 Å². The molecule has 2 aromatic heterocycles. The quantitative estimate of drug-likeness (QED) is 0.866. The van der Waals surface area contributed by atoms with Crippen LogP contribution in [0.2, 0.25) is 0 Å². The van der Waals surface area contributed by atoms with Crippen LogP contribution < -0.4 is 5.32 Å². The van der Waals surface area contributed by atoms with Crippen molar-refractivity contribution in [1.82, 2.24) is 19.9 Å². The zero-order valence-corrected chi connectivity index (χ0v) is 12.3. The van der Waals surface area contributed by atoms with Gasteiger partial charge in [0.2, 0.25) is 0 Å². The van der Waals surface area contributed by atoms with Gasteiger partial charge in [0.25, 0.3) is 5.91 Å². The van der Waals surface area contributed by atoms with Gasteiger partial charge in [0, 0.05) is 17.4 Å². The van der Waals surface area contributed by atoms with E-state index < -0.39 is 12.0 Å². The molecule has 0 aliphatic heterocycles. The van der Waals surface area contributed by atoms with E-state index in [1.807, 2.05) is 26.8 Å². The Hall–Kier alpha value is -2.44. The van der Waals surface area contributed by atoms with E-state index in [2.05, 4.69) is 15.4 Å². The lowest BCUT2D eigenvalue weighted by Gasteiger charge is -2.14. The second-order valence-corrected chi connectivity index (χ2v) is 5.01. The van der Waals surface area contributed by atoms with E-state index in [1.165, 1.54) is 6.20 Å². The third-order valence-electron chi connectivity index (χ3n) is 3.27. The molecule has 7 nitrogen and oxygen atoms in total. The van der Waals surface area contributed by atoms with E-state index >= 15 is 0 Å². The maximum atomic E-state index is 12.3. The molecule has 1 atom stereocenters. The number of aromatic nitrogens is 3. The summed E-state index contributed by atoms with van der Waals surface area (Å²) in [5.41, 5.74) is 2.52. The summed E-state index contributed by atoms with van der Waals surface area (Å²) in [5.74, 6) is -1.29. The highest BCUT2D eigenvalue weighted by molar-refractivity contribution is 6.00. The fraction of sp³-hybridized carbons (Fsp3) is 0.429. The lowest BCUT2D eigenvalue weighted by Crippen LogP contribution is -2.36. The standard InChI is InChI=1S/C14H18N4O3/c1-4-10(6-12(19)20)17-14(21)11-7-15-18-9(3)5-8(2)16-13(11)18/h5,7,10H,4,6H2,1-3H3,(H,17,21)(H,19,20). The third kappa shape index (κ3) is 3.18. The Morgan fingerprint density at radius 1 is 1.43 bits per heavy atom. The Balaban J connectivity index is 2.29. The highest BCUT2D eigenvalue weighted by atomic mass is 16.4.